The molecule has 16 heavy (non-hydrogen) atoms. The summed E-state index contributed by atoms with van der Waals surface area (Å²) in [5.41, 5.74) is -0.929. The van der Waals surface area contributed by atoms with Crippen LogP contribution in [0.4, 0.5) is 0 Å². The van der Waals surface area contributed by atoms with Gasteiger partial charge in [-0.15, -0.1) is 0 Å². The number of hydrogen-bond acceptors (Lipinski definition) is 5. The highest BCUT2D eigenvalue weighted by atomic mass is 32.2. The topological polar surface area (TPSA) is 83.9 Å². The van der Waals surface area contributed by atoms with Gasteiger partial charge in [-0.2, -0.15) is 4.31 Å². The summed E-state index contributed by atoms with van der Waals surface area (Å²) in [6.45, 7) is 3.68. The molecule has 0 unspecified atom stereocenters. The average molecular weight is 251 g/mol. The van der Waals surface area contributed by atoms with E-state index in [2.05, 4.69) is 4.74 Å². The molecule has 0 spiro atoms. The van der Waals surface area contributed by atoms with Crippen LogP contribution < -0.4 is 0 Å². The van der Waals surface area contributed by atoms with E-state index in [1.54, 1.807) is 13.8 Å². The lowest BCUT2D eigenvalue weighted by molar-refractivity contribution is -0.140. The number of carbonyl (C=O) groups excluding carboxylic acids is 1. The zero-order valence-electron chi connectivity index (χ0n) is 9.47. The number of aliphatic hydroxyl groups is 1. The zero-order valence-corrected chi connectivity index (χ0v) is 10.3. The van der Waals surface area contributed by atoms with E-state index in [0.717, 1.165) is 4.31 Å². The van der Waals surface area contributed by atoms with Crippen LogP contribution in [0.3, 0.4) is 0 Å². The van der Waals surface area contributed by atoms with Crippen LogP contribution >= 0.6 is 0 Å². The summed E-state index contributed by atoms with van der Waals surface area (Å²) >= 11 is 0. The van der Waals surface area contributed by atoms with Gasteiger partial charge in [0.15, 0.2) is 5.75 Å². The molecule has 1 N–H and O–H groups in total. The Morgan fingerprint density at radius 1 is 1.44 bits per heavy atom. The SMILES string of the molecule is CCOC(=O)CS(=O)(=O)N1CC(O)(CC)C1. The molecule has 0 atom stereocenters. The maximum absolute atomic E-state index is 11.6. The first-order valence-electron chi connectivity index (χ1n) is 5.19. The quantitative estimate of drug-likeness (QED) is 0.655. The third-order valence-corrected chi connectivity index (χ3v) is 4.24. The highest BCUT2D eigenvalue weighted by Crippen LogP contribution is 2.26. The molecule has 94 valence electrons. The second kappa shape index (κ2) is 4.68. The van der Waals surface area contributed by atoms with Gasteiger partial charge >= 0.3 is 5.97 Å². The summed E-state index contributed by atoms with van der Waals surface area (Å²) in [4.78, 5) is 11.0. The summed E-state index contributed by atoms with van der Waals surface area (Å²) in [5.74, 6) is -1.41. The molecule has 0 amide bonds. The molecule has 6 nitrogen and oxygen atoms in total. The van der Waals surface area contributed by atoms with Crippen LogP contribution in [0.5, 0.6) is 0 Å². The van der Waals surface area contributed by atoms with E-state index in [0.29, 0.717) is 6.42 Å². The smallest absolute Gasteiger partial charge is 0.322 e. The van der Waals surface area contributed by atoms with Crippen molar-refractivity contribution in [3.05, 3.63) is 0 Å². The molecule has 0 aromatic rings. The van der Waals surface area contributed by atoms with Crippen molar-refractivity contribution in [1.82, 2.24) is 4.31 Å². The van der Waals surface area contributed by atoms with Crippen molar-refractivity contribution >= 4 is 16.0 Å². The Hall–Kier alpha value is -0.660. The first kappa shape index (κ1) is 13.4. The zero-order chi connectivity index (χ0) is 12.4. The third kappa shape index (κ3) is 2.93. The molecule has 1 saturated heterocycles. The fourth-order valence-electron chi connectivity index (χ4n) is 1.47. The van der Waals surface area contributed by atoms with Crippen LogP contribution in [0.2, 0.25) is 0 Å². The van der Waals surface area contributed by atoms with Crippen LogP contribution in [-0.4, -0.2) is 54.8 Å². The predicted octanol–water partition coefficient (Wildman–Crippen LogP) is -0.664. The first-order valence-corrected chi connectivity index (χ1v) is 6.80. The second-order valence-corrected chi connectivity index (χ2v) is 5.88. The van der Waals surface area contributed by atoms with Crippen molar-refractivity contribution in [1.29, 1.82) is 0 Å². The number of sulfonamides is 1. The van der Waals surface area contributed by atoms with E-state index < -0.39 is 27.3 Å². The number of esters is 1. The van der Waals surface area contributed by atoms with Gasteiger partial charge in [-0.05, 0) is 13.3 Å². The predicted molar refractivity (Wildman–Crippen MR) is 57.2 cm³/mol. The van der Waals surface area contributed by atoms with Gasteiger partial charge in [0.25, 0.3) is 0 Å². The van der Waals surface area contributed by atoms with E-state index >= 15 is 0 Å². The van der Waals surface area contributed by atoms with Crippen molar-refractivity contribution in [3.8, 4) is 0 Å². The number of ether oxygens (including phenoxy) is 1. The van der Waals surface area contributed by atoms with Gasteiger partial charge in [0.05, 0.1) is 12.2 Å². The minimum Gasteiger partial charge on any atom is -0.465 e. The molecule has 0 aliphatic carbocycles. The minimum atomic E-state index is -3.63. The minimum absolute atomic E-state index is 0.0608. The van der Waals surface area contributed by atoms with Gasteiger partial charge in [-0.1, -0.05) is 6.92 Å². The molecule has 0 bridgehead atoms. The maximum Gasteiger partial charge on any atom is 0.322 e. The lowest BCUT2D eigenvalue weighted by atomic mass is 9.94. The molecule has 1 aliphatic heterocycles. The molecular weight excluding hydrogens is 234 g/mol. The Bertz CT molecular complexity index is 358. The van der Waals surface area contributed by atoms with Crippen molar-refractivity contribution in [3.63, 3.8) is 0 Å². The lowest BCUT2D eigenvalue weighted by Gasteiger charge is -2.44. The largest absolute Gasteiger partial charge is 0.465 e. The Balaban J connectivity index is 2.52. The number of rotatable bonds is 5. The number of β-amino-alcohol motifs (C(OH)–C–C–N with tert-alkyl or cyclic N) is 1. The van der Waals surface area contributed by atoms with Crippen molar-refractivity contribution in [2.45, 2.75) is 25.9 Å². The number of nitrogens with zero attached hydrogens (tertiary/aromatic N) is 1. The standard InChI is InChI=1S/C9H17NO5S/c1-3-9(12)6-10(7-9)16(13,14)5-8(11)15-4-2/h12H,3-7H2,1-2H3. The second-order valence-electron chi connectivity index (χ2n) is 3.91. The Labute approximate surface area is 95.2 Å². The van der Waals surface area contributed by atoms with Gasteiger partial charge in [-0.3, -0.25) is 4.79 Å². The monoisotopic (exact) mass is 251 g/mol. The van der Waals surface area contributed by atoms with Crippen molar-refractivity contribution in [2.24, 2.45) is 0 Å². The molecule has 1 aliphatic rings. The number of hydrogen-bond donors (Lipinski definition) is 1. The Morgan fingerprint density at radius 2 is 2.00 bits per heavy atom. The summed E-state index contributed by atoms with van der Waals surface area (Å²) in [6, 6.07) is 0. The van der Waals surface area contributed by atoms with Gasteiger partial charge in [-0.25, -0.2) is 8.42 Å². The number of carbonyl (C=O) groups is 1. The van der Waals surface area contributed by atoms with Crippen LogP contribution in [0.25, 0.3) is 0 Å². The molecule has 1 heterocycles. The van der Waals surface area contributed by atoms with Crippen LogP contribution in [0.15, 0.2) is 0 Å². The molecule has 1 rings (SSSR count). The van der Waals surface area contributed by atoms with Gasteiger partial charge < -0.3 is 9.84 Å². The molecule has 0 aromatic heterocycles. The van der Waals surface area contributed by atoms with Gasteiger partial charge in [0, 0.05) is 13.1 Å². The first-order chi connectivity index (χ1) is 7.33. The molecule has 0 saturated carbocycles. The van der Waals surface area contributed by atoms with E-state index in [9.17, 15) is 18.3 Å². The normalized spacial score (nSPS) is 20.2. The van der Waals surface area contributed by atoms with Gasteiger partial charge in [0.1, 0.15) is 0 Å². The average Bonchev–Trinajstić information content (AvgIpc) is 2.12. The molecule has 0 radical (unpaired) electrons. The van der Waals surface area contributed by atoms with E-state index in [-0.39, 0.29) is 19.7 Å². The van der Waals surface area contributed by atoms with Gasteiger partial charge in [0.2, 0.25) is 10.0 Å². The fourth-order valence-corrected chi connectivity index (χ4v) is 2.91. The molecule has 1 fully saturated rings. The van der Waals surface area contributed by atoms with Crippen LogP contribution in [0.1, 0.15) is 20.3 Å². The highest BCUT2D eigenvalue weighted by Gasteiger charge is 2.46. The summed E-state index contributed by atoms with van der Waals surface area (Å²) < 4.78 is 28.9. The van der Waals surface area contributed by atoms with E-state index in [1.165, 1.54) is 0 Å². The van der Waals surface area contributed by atoms with E-state index in [4.69, 9.17) is 0 Å². The van der Waals surface area contributed by atoms with Crippen molar-refractivity contribution < 1.29 is 23.1 Å². The Kier molecular flexibility index (Phi) is 3.92. The molecular formula is C9H17NO5S. The van der Waals surface area contributed by atoms with Crippen molar-refractivity contribution in [2.75, 3.05) is 25.4 Å². The Morgan fingerprint density at radius 3 is 2.44 bits per heavy atom. The lowest BCUT2D eigenvalue weighted by Crippen LogP contribution is -2.63. The summed E-state index contributed by atoms with van der Waals surface area (Å²) in [5, 5.41) is 9.67. The third-order valence-electron chi connectivity index (χ3n) is 2.60. The highest BCUT2D eigenvalue weighted by molar-refractivity contribution is 7.89. The van der Waals surface area contributed by atoms with Crippen LogP contribution in [-0.2, 0) is 19.6 Å². The summed E-state index contributed by atoms with van der Waals surface area (Å²) in [7, 11) is -3.63. The maximum atomic E-state index is 11.6. The van der Waals surface area contributed by atoms with Crippen LogP contribution in [0, 0.1) is 0 Å². The molecule has 7 heteroatoms. The molecule has 0 aromatic carbocycles. The fraction of sp³-hybridized carbons (Fsp3) is 0.889. The summed E-state index contributed by atoms with van der Waals surface area (Å²) in [6.07, 6.45) is 0.498. The van der Waals surface area contributed by atoms with E-state index in [1.807, 2.05) is 0 Å².